The first-order valence-corrected chi connectivity index (χ1v) is 7.47. The van der Waals surface area contributed by atoms with Gasteiger partial charge in [-0.25, -0.2) is 4.39 Å². The Morgan fingerprint density at radius 2 is 2.19 bits per heavy atom. The van der Waals surface area contributed by atoms with Crippen molar-refractivity contribution >= 4 is 17.5 Å². The molecule has 0 radical (unpaired) electrons. The average molecular weight is 313 g/mol. The molecular weight excluding hydrogens is 295 g/mol. The van der Waals surface area contributed by atoms with Crippen LogP contribution in [0.3, 0.4) is 0 Å². The zero-order valence-electron chi connectivity index (χ0n) is 11.9. The van der Waals surface area contributed by atoms with Gasteiger partial charge in [0.2, 0.25) is 0 Å². The summed E-state index contributed by atoms with van der Waals surface area (Å²) in [5.41, 5.74) is 0.422. The monoisotopic (exact) mass is 312 g/mol. The number of carbonyl (C=O) groups is 1. The van der Waals surface area contributed by atoms with Crippen molar-refractivity contribution in [3.8, 4) is 0 Å². The predicted octanol–water partition coefficient (Wildman–Crippen LogP) is 1.88. The van der Waals surface area contributed by atoms with E-state index in [0.29, 0.717) is 31.2 Å². The molecule has 2 heterocycles. The largest absolute Gasteiger partial charge is 0.375 e. The van der Waals surface area contributed by atoms with Gasteiger partial charge in [-0.15, -0.1) is 0 Å². The van der Waals surface area contributed by atoms with Crippen LogP contribution < -0.4 is 0 Å². The van der Waals surface area contributed by atoms with Gasteiger partial charge in [-0.2, -0.15) is 0 Å². The molecule has 4 nitrogen and oxygen atoms in total. The number of fused-ring (bicyclic) bond motifs is 1. The molecular formula is C15H18ClFN2O2. The third kappa shape index (κ3) is 3.05. The Morgan fingerprint density at radius 3 is 2.95 bits per heavy atom. The van der Waals surface area contributed by atoms with E-state index in [1.807, 2.05) is 0 Å². The Kier molecular flexibility index (Phi) is 4.15. The van der Waals surface area contributed by atoms with Gasteiger partial charge < -0.3 is 14.5 Å². The van der Waals surface area contributed by atoms with Crippen molar-refractivity contribution in [1.29, 1.82) is 0 Å². The fourth-order valence-electron chi connectivity index (χ4n) is 3.03. The zero-order chi connectivity index (χ0) is 15.0. The van der Waals surface area contributed by atoms with Crippen molar-refractivity contribution in [2.24, 2.45) is 5.92 Å². The summed E-state index contributed by atoms with van der Waals surface area (Å²) in [7, 11) is 2.07. The minimum atomic E-state index is -0.509. The summed E-state index contributed by atoms with van der Waals surface area (Å²) in [6, 6.07) is 4.10. The molecule has 2 fully saturated rings. The van der Waals surface area contributed by atoms with Crippen molar-refractivity contribution < 1.29 is 13.9 Å². The van der Waals surface area contributed by atoms with Crippen LogP contribution in [0.1, 0.15) is 10.4 Å². The molecule has 0 unspecified atom stereocenters. The van der Waals surface area contributed by atoms with E-state index in [-0.39, 0.29) is 17.0 Å². The maximum atomic E-state index is 13.2. The normalized spacial score (nSPS) is 26.5. The second kappa shape index (κ2) is 5.91. The first-order valence-electron chi connectivity index (χ1n) is 7.09. The van der Waals surface area contributed by atoms with Gasteiger partial charge in [0.05, 0.1) is 17.7 Å². The third-order valence-corrected chi connectivity index (χ3v) is 4.48. The number of carbonyl (C=O) groups excluding carboxylic acids is 1. The Hall–Kier alpha value is -1.17. The van der Waals surface area contributed by atoms with Gasteiger partial charge in [0.25, 0.3) is 5.91 Å². The molecule has 0 aliphatic carbocycles. The lowest BCUT2D eigenvalue weighted by atomic mass is 10.1. The van der Waals surface area contributed by atoms with Gasteiger partial charge in [0.1, 0.15) is 5.82 Å². The van der Waals surface area contributed by atoms with Crippen molar-refractivity contribution in [2.45, 2.75) is 6.10 Å². The molecule has 0 spiro atoms. The lowest BCUT2D eigenvalue weighted by Gasteiger charge is -2.19. The van der Waals surface area contributed by atoms with Crippen LogP contribution in [0.5, 0.6) is 0 Å². The molecule has 2 aliphatic heterocycles. The first kappa shape index (κ1) is 14.8. The van der Waals surface area contributed by atoms with E-state index in [1.165, 1.54) is 18.2 Å². The standard InChI is InChI=1S/C15H18ClFN2O2/c1-18-4-5-21-14-9-19(8-11(14)7-18)15(20)10-2-3-13(17)12(16)6-10/h2-3,6,11,14H,4-5,7-9H2,1H3/t11-,14+/m1/s1. The van der Waals surface area contributed by atoms with E-state index in [4.69, 9.17) is 16.3 Å². The number of benzene rings is 1. The number of nitrogens with zero attached hydrogens (tertiary/aromatic N) is 2. The lowest BCUT2D eigenvalue weighted by molar-refractivity contribution is 0.0487. The molecule has 6 heteroatoms. The Balaban J connectivity index is 1.73. The van der Waals surface area contributed by atoms with E-state index < -0.39 is 5.82 Å². The minimum absolute atomic E-state index is 0.0229. The fraction of sp³-hybridized carbons (Fsp3) is 0.533. The molecule has 21 heavy (non-hydrogen) atoms. The van der Waals surface area contributed by atoms with Crippen LogP contribution in [-0.2, 0) is 4.74 Å². The number of amides is 1. The van der Waals surface area contributed by atoms with E-state index in [0.717, 1.165) is 13.1 Å². The molecule has 0 saturated carbocycles. The van der Waals surface area contributed by atoms with Gasteiger partial charge in [0.15, 0.2) is 0 Å². The average Bonchev–Trinajstić information content (AvgIpc) is 2.76. The molecule has 3 rings (SSSR count). The van der Waals surface area contributed by atoms with Gasteiger partial charge in [-0.05, 0) is 25.2 Å². The summed E-state index contributed by atoms with van der Waals surface area (Å²) in [4.78, 5) is 16.5. The van der Waals surface area contributed by atoms with Crippen molar-refractivity contribution in [3.05, 3.63) is 34.6 Å². The second-order valence-corrected chi connectivity index (χ2v) is 6.18. The maximum absolute atomic E-state index is 13.2. The summed E-state index contributed by atoms with van der Waals surface area (Å²) in [6.07, 6.45) is 0.0924. The summed E-state index contributed by atoms with van der Waals surface area (Å²) in [5, 5.41) is -0.0229. The molecule has 114 valence electrons. The van der Waals surface area contributed by atoms with Crippen molar-refractivity contribution in [3.63, 3.8) is 0 Å². The van der Waals surface area contributed by atoms with Crippen LogP contribution in [-0.4, -0.2) is 61.6 Å². The van der Waals surface area contributed by atoms with Crippen LogP contribution in [0.2, 0.25) is 5.02 Å². The van der Waals surface area contributed by atoms with Crippen LogP contribution in [0, 0.1) is 11.7 Å². The number of halogens is 2. The Labute approximate surface area is 128 Å². The molecule has 2 saturated heterocycles. The van der Waals surface area contributed by atoms with Gasteiger partial charge in [-0.3, -0.25) is 4.79 Å². The number of hydrogen-bond acceptors (Lipinski definition) is 3. The highest BCUT2D eigenvalue weighted by molar-refractivity contribution is 6.31. The fourth-order valence-corrected chi connectivity index (χ4v) is 3.22. The van der Waals surface area contributed by atoms with E-state index in [2.05, 4.69) is 11.9 Å². The SMILES string of the molecule is CN1CCO[C@H]2CN(C(=O)c3ccc(F)c(Cl)c3)C[C@H]2C1. The molecule has 2 aliphatic rings. The third-order valence-electron chi connectivity index (χ3n) is 4.19. The topological polar surface area (TPSA) is 32.8 Å². The number of likely N-dealkylation sites (N-methyl/N-ethyl adjacent to an activating group) is 1. The zero-order valence-corrected chi connectivity index (χ0v) is 12.6. The lowest BCUT2D eigenvalue weighted by Crippen LogP contribution is -2.32. The quantitative estimate of drug-likeness (QED) is 0.794. The van der Waals surface area contributed by atoms with E-state index >= 15 is 0 Å². The predicted molar refractivity (Wildman–Crippen MR) is 78.0 cm³/mol. The summed E-state index contributed by atoms with van der Waals surface area (Å²) < 4.78 is 19.0. The molecule has 0 bridgehead atoms. The molecule has 0 N–H and O–H groups in total. The van der Waals surface area contributed by atoms with Crippen LogP contribution in [0.15, 0.2) is 18.2 Å². The van der Waals surface area contributed by atoms with Crippen molar-refractivity contribution in [2.75, 3.05) is 39.8 Å². The Morgan fingerprint density at radius 1 is 1.38 bits per heavy atom. The van der Waals surface area contributed by atoms with Gasteiger partial charge in [-0.1, -0.05) is 11.6 Å². The number of ether oxygens (including phenoxy) is 1. The number of likely N-dealkylation sites (tertiary alicyclic amines) is 1. The molecule has 1 amide bonds. The highest BCUT2D eigenvalue weighted by Gasteiger charge is 2.38. The Bertz CT molecular complexity index is 554. The smallest absolute Gasteiger partial charge is 0.254 e. The first-order chi connectivity index (χ1) is 10.0. The molecule has 2 atom stereocenters. The van der Waals surface area contributed by atoms with Crippen LogP contribution in [0.4, 0.5) is 4.39 Å². The molecule has 1 aromatic rings. The van der Waals surface area contributed by atoms with E-state index in [1.54, 1.807) is 4.90 Å². The molecule has 1 aromatic carbocycles. The van der Waals surface area contributed by atoms with Crippen molar-refractivity contribution in [1.82, 2.24) is 9.80 Å². The maximum Gasteiger partial charge on any atom is 0.254 e. The van der Waals surface area contributed by atoms with Crippen LogP contribution >= 0.6 is 11.6 Å². The summed E-state index contributed by atoms with van der Waals surface area (Å²) >= 11 is 5.75. The molecule has 0 aromatic heterocycles. The number of hydrogen-bond donors (Lipinski definition) is 0. The number of rotatable bonds is 1. The van der Waals surface area contributed by atoms with Gasteiger partial charge >= 0.3 is 0 Å². The highest BCUT2D eigenvalue weighted by Crippen LogP contribution is 2.25. The second-order valence-electron chi connectivity index (χ2n) is 5.77. The van der Waals surface area contributed by atoms with E-state index in [9.17, 15) is 9.18 Å². The van der Waals surface area contributed by atoms with Gasteiger partial charge in [0, 0.05) is 37.7 Å². The minimum Gasteiger partial charge on any atom is -0.375 e. The summed E-state index contributed by atoms with van der Waals surface area (Å²) in [6.45, 7) is 3.81. The highest BCUT2D eigenvalue weighted by atomic mass is 35.5. The van der Waals surface area contributed by atoms with Crippen LogP contribution in [0.25, 0.3) is 0 Å². The summed E-state index contributed by atoms with van der Waals surface area (Å²) in [5.74, 6) is -0.293.